The Morgan fingerprint density at radius 2 is 1.88 bits per heavy atom. The number of hydrogen-bond acceptors (Lipinski definition) is 6. The van der Waals surface area contributed by atoms with E-state index in [0.29, 0.717) is 17.8 Å². The van der Waals surface area contributed by atoms with E-state index in [1.165, 1.54) is 0 Å². The summed E-state index contributed by atoms with van der Waals surface area (Å²) in [6.45, 7) is 6.14. The highest BCUT2D eigenvalue weighted by molar-refractivity contribution is 6.07. The predicted octanol–water partition coefficient (Wildman–Crippen LogP) is 3.55. The fourth-order valence-electron chi connectivity index (χ4n) is 3.92. The Kier molecular flexibility index (Phi) is 6.88. The zero-order valence-electron chi connectivity index (χ0n) is 20.4. The smallest absolute Gasteiger partial charge is 0.254 e. The molecular weight excluding hydrogens is 426 g/mol. The number of aromatic nitrogens is 4. The Morgan fingerprint density at radius 1 is 1.06 bits per heavy atom. The number of pyridine rings is 2. The third-order valence-corrected chi connectivity index (χ3v) is 5.90. The van der Waals surface area contributed by atoms with Crippen LogP contribution in [0.3, 0.4) is 0 Å². The first kappa shape index (κ1) is 23.4. The zero-order chi connectivity index (χ0) is 24.2. The fourth-order valence-corrected chi connectivity index (χ4v) is 3.92. The van der Waals surface area contributed by atoms with Crippen LogP contribution in [-0.4, -0.2) is 57.5 Å². The summed E-state index contributed by atoms with van der Waals surface area (Å²) < 4.78 is 1.92. The molecule has 4 aromatic rings. The zero-order valence-corrected chi connectivity index (χ0v) is 20.4. The standard InChI is InChI=1S/C26H31N7O/c1-17-6-7-23-20(12-17)21(26(34)32(4)15-19-14-28-16-33(19)5)13-25(31-23)24-9-8-22(18(2)30-24)29-11-10-27-3/h6-9,12-14,16,27,29H,10-11,15H2,1-5H3. The number of likely N-dealkylation sites (N-methyl/N-ethyl adjacent to an activating group) is 1. The molecule has 1 aromatic carbocycles. The summed E-state index contributed by atoms with van der Waals surface area (Å²) in [5.74, 6) is -0.0671. The molecule has 0 unspecified atom stereocenters. The SMILES string of the molecule is CNCCNc1ccc(-c2cc(C(=O)N(C)Cc3cncn3C)c3cc(C)ccc3n2)nc1C. The summed E-state index contributed by atoms with van der Waals surface area (Å²) in [6.07, 6.45) is 3.52. The number of nitrogens with one attached hydrogen (secondary N) is 2. The molecular formula is C26H31N7O. The molecule has 4 rings (SSSR count). The van der Waals surface area contributed by atoms with Gasteiger partial charge in [0.1, 0.15) is 0 Å². The van der Waals surface area contributed by atoms with Gasteiger partial charge in [-0.05, 0) is 51.2 Å². The van der Waals surface area contributed by atoms with Crippen LogP contribution in [0.5, 0.6) is 0 Å². The van der Waals surface area contributed by atoms with Gasteiger partial charge in [0.2, 0.25) is 0 Å². The first-order chi connectivity index (χ1) is 16.4. The van der Waals surface area contributed by atoms with E-state index in [-0.39, 0.29) is 5.91 Å². The second-order valence-corrected chi connectivity index (χ2v) is 8.59. The van der Waals surface area contributed by atoms with Gasteiger partial charge in [0.15, 0.2) is 0 Å². The van der Waals surface area contributed by atoms with Crippen LogP contribution >= 0.6 is 0 Å². The second-order valence-electron chi connectivity index (χ2n) is 8.59. The van der Waals surface area contributed by atoms with Gasteiger partial charge in [-0.25, -0.2) is 15.0 Å². The molecule has 8 nitrogen and oxygen atoms in total. The predicted molar refractivity (Wildman–Crippen MR) is 136 cm³/mol. The van der Waals surface area contributed by atoms with Crippen molar-refractivity contribution in [2.75, 3.05) is 32.5 Å². The second kappa shape index (κ2) is 10.0. The molecule has 0 aliphatic heterocycles. The molecule has 0 saturated heterocycles. The number of benzene rings is 1. The van der Waals surface area contributed by atoms with Crippen LogP contribution in [0, 0.1) is 13.8 Å². The van der Waals surface area contributed by atoms with E-state index in [9.17, 15) is 4.79 Å². The lowest BCUT2D eigenvalue weighted by atomic mass is 10.0. The number of nitrogens with zero attached hydrogens (tertiary/aromatic N) is 5. The van der Waals surface area contributed by atoms with Crippen LogP contribution in [-0.2, 0) is 13.6 Å². The Labute approximate surface area is 200 Å². The van der Waals surface area contributed by atoms with E-state index in [2.05, 4.69) is 15.6 Å². The summed E-state index contributed by atoms with van der Waals surface area (Å²) in [7, 11) is 5.66. The highest BCUT2D eigenvalue weighted by Gasteiger charge is 2.19. The van der Waals surface area contributed by atoms with Crippen LogP contribution in [0.25, 0.3) is 22.3 Å². The van der Waals surface area contributed by atoms with Crippen molar-refractivity contribution in [3.8, 4) is 11.4 Å². The maximum absolute atomic E-state index is 13.6. The molecule has 0 fully saturated rings. The quantitative estimate of drug-likeness (QED) is 0.394. The third kappa shape index (κ3) is 4.92. The monoisotopic (exact) mass is 457 g/mol. The molecule has 8 heteroatoms. The molecule has 34 heavy (non-hydrogen) atoms. The fraction of sp³-hybridized carbons (Fsp3) is 0.308. The summed E-state index contributed by atoms with van der Waals surface area (Å²) in [4.78, 5) is 29.1. The largest absolute Gasteiger partial charge is 0.382 e. The lowest BCUT2D eigenvalue weighted by Crippen LogP contribution is -2.27. The Balaban J connectivity index is 1.72. The van der Waals surface area contributed by atoms with Gasteiger partial charge in [-0.15, -0.1) is 0 Å². The van der Waals surface area contributed by atoms with Crippen molar-refractivity contribution in [3.05, 3.63) is 71.4 Å². The average Bonchev–Trinajstić information content (AvgIpc) is 3.23. The number of carbonyl (C=O) groups is 1. The molecule has 3 heterocycles. The van der Waals surface area contributed by atoms with Crippen molar-refractivity contribution in [1.29, 1.82) is 0 Å². The molecule has 0 atom stereocenters. The van der Waals surface area contributed by atoms with E-state index in [0.717, 1.165) is 52.3 Å². The van der Waals surface area contributed by atoms with Gasteiger partial charge in [0, 0.05) is 38.8 Å². The van der Waals surface area contributed by atoms with Crippen molar-refractivity contribution in [2.45, 2.75) is 20.4 Å². The minimum absolute atomic E-state index is 0.0671. The first-order valence-corrected chi connectivity index (χ1v) is 11.4. The number of amides is 1. The number of imidazole rings is 1. The van der Waals surface area contributed by atoms with Crippen LogP contribution in [0.4, 0.5) is 5.69 Å². The van der Waals surface area contributed by atoms with Gasteiger partial charge in [-0.1, -0.05) is 11.6 Å². The van der Waals surface area contributed by atoms with E-state index in [1.54, 1.807) is 17.4 Å². The molecule has 0 radical (unpaired) electrons. The molecule has 2 N–H and O–H groups in total. The van der Waals surface area contributed by atoms with Crippen LogP contribution in [0.2, 0.25) is 0 Å². The van der Waals surface area contributed by atoms with E-state index >= 15 is 0 Å². The minimum Gasteiger partial charge on any atom is -0.382 e. The average molecular weight is 458 g/mol. The van der Waals surface area contributed by atoms with E-state index in [1.807, 2.05) is 76.0 Å². The van der Waals surface area contributed by atoms with Gasteiger partial charge >= 0.3 is 0 Å². The molecule has 0 aliphatic rings. The molecule has 0 spiro atoms. The number of rotatable bonds is 8. The maximum Gasteiger partial charge on any atom is 0.254 e. The number of carbonyl (C=O) groups excluding carboxylic acids is 1. The van der Waals surface area contributed by atoms with Crippen molar-refractivity contribution < 1.29 is 4.79 Å². The topological polar surface area (TPSA) is 88.0 Å². The normalized spacial score (nSPS) is 11.1. The van der Waals surface area contributed by atoms with Crippen LogP contribution in [0.15, 0.2) is 48.9 Å². The van der Waals surface area contributed by atoms with Gasteiger partial charge in [-0.2, -0.15) is 0 Å². The molecule has 3 aromatic heterocycles. The molecule has 0 saturated carbocycles. The number of fused-ring (bicyclic) bond motifs is 1. The van der Waals surface area contributed by atoms with Crippen molar-refractivity contribution >= 4 is 22.5 Å². The Bertz CT molecular complexity index is 1330. The Morgan fingerprint density at radius 3 is 2.59 bits per heavy atom. The van der Waals surface area contributed by atoms with E-state index in [4.69, 9.17) is 9.97 Å². The number of aryl methyl sites for hydroxylation is 3. The molecule has 0 bridgehead atoms. The lowest BCUT2D eigenvalue weighted by Gasteiger charge is -2.19. The van der Waals surface area contributed by atoms with Crippen molar-refractivity contribution in [2.24, 2.45) is 7.05 Å². The summed E-state index contributed by atoms with van der Waals surface area (Å²) in [5.41, 5.74) is 6.73. The maximum atomic E-state index is 13.6. The molecule has 176 valence electrons. The minimum atomic E-state index is -0.0671. The highest BCUT2D eigenvalue weighted by atomic mass is 16.2. The van der Waals surface area contributed by atoms with Gasteiger partial charge in [0.05, 0.1) is 52.4 Å². The number of anilines is 1. The summed E-state index contributed by atoms with van der Waals surface area (Å²) >= 11 is 0. The number of hydrogen-bond donors (Lipinski definition) is 2. The molecule has 1 amide bonds. The first-order valence-electron chi connectivity index (χ1n) is 11.4. The Hall–Kier alpha value is -3.78. The van der Waals surface area contributed by atoms with Gasteiger partial charge in [-0.3, -0.25) is 4.79 Å². The summed E-state index contributed by atoms with van der Waals surface area (Å²) in [6, 6.07) is 11.8. The highest BCUT2D eigenvalue weighted by Crippen LogP contribution is 2.27. The van der Waals surface area contributed by atoms with Crippen LogP contribution < -0.4 is 10.6 Å². The van der Waals surface area contributed by atoms with Gasteiger partial charge in [0.25, 0.3) is 5.91 Å². The van der Waals surface area contributed by atoms with Crippen molar-refractivity contribution in [1.82, 2.24) is 29.7 Å². The summed E-state index contributed by atoms with van der Waals surface area (Å²) in [5, 5.41) is 7.35. The van der Waals surface area contributed by atoms with Crippen molar-refractivity contribution in [3.63, 3.8) is 0 Å². The lowest BCUT2D eigenvalue weighted by molar-refractivity contribution is 0.0784. The molecule has 0 aliphatic carbocycles. The van der Waals surface area contributed by atoms with E-state index < -0.39 is 0 Å². The third-order valence-electron chi connectivity index (χ3n) is 5.90. The van der Waals surface area contributed by atoms with Gasteiger partial charge < -0.3 is 20.1 Å². The van der Waals surface area contributed by atoms with Crippen LogP contribution in [0.1, 0.15) is 27.3 Å².